The molecule has 68 valence electrons. The van der Waals surface area contributed by atoms with E-state index in [-0.39, 0.29) is 18.4 Å². The van der Waals surface area contributed by atoms with E-state index in [0.717, 1.165) is 18.1 Å². The van der Waals surface area contributed by atoms with Gasteiger partial charge in [0.2, 0.25) is 0 Å². The third-order valence-corrected chi connectivity index (χ3v) is 2.19. The van der Waals surface area contributed by atoms with Gasteiger partial charge in [0.25, 0.3) is 0 Å². The lowest BCUT2D eigenvalue weighted by Crippen LogP contribution is -2.09. The standard InChI is InChI=1S/C9H13NO.ClH/c10-8(6-7-3-4-7)9-2-1-5-11-9;/h1-2,5,7-8H,3-4,6,10H2;1H/t8-;/m1./s1. The third-order valence-electron chi connectivity index (χ3n) is 2.19. The van der Waals surface area contributed by atoms with Crippen LogP contribution in [0.5, 0.6) is 0 Å². The van der Waals surface area contributed by atoms with E-state index >= 15 is 0 Å². The molecule has 0 radical (unpaired) electrons. The average molecular weight is 188 g/mol. The molecule has 2 rings (SSSR count). The van der Waals surface area contributed by atoms with Gasteiger partial charge in [0.05, 0.1) is 12.3 Å². The maximum atomic E-state index is 5.89. The third kappa shape index (κ3) is 2.26. The lowest BCUT2D eigenvalue weighted by molar-refractivity contribution is 0.440. The normalized spacial score (nSPS) is 18.4. The molecule has 0 bridgehead atoms. The van der Waals surface area contributed by atoms with Crippen LogP contribution < -0.4 is 5.73 Å². The lowest BCUT2D eigenvalue weighted by Gasteiger charge is -2.05. The first kappa shape index (κ1) is 9.62. The predicted octanol–water partition coefficient (Wildman–Crippen LogP) is 2.50. The first-order chi connectivity index (χ1) is 5.36. The number of nitrogens with two attached hydrogens (primary N) is 1. The van der Waals surface area contributed by atoms with Crippen molar-refractivity contribution in [2.45, 2.75) is 25.3 Å². The van der Waals surface area contributed by atoms with Gasteiger partial charge in [-0.1, -0.05) is 12.8 Å². The highest BCUT2D eigenvalue weighted by atomic mass is 35.5. The smallest absolute Gasteiger partial charge is 0.120 e. The molecule has 1 aromatic rings. The minimum absolute atomic E-state index is 0. The molecule has 2 nitrogen and oxygen atoms in total. The fourth-order valence-electron chi connectivity index (χ4n) is 1.33. The van der Waals surface area contributed by atoms with E-state index in [1.807, 2.05) is 12.1 Å². The van der Waals surface area contributed by atoms with Crippen LogP contribution in [-0.2, 0) is 0 Å². The minimum atomic E-state index is 0. The number of hydrogen-bond donors (Lipinski definition) is 1. The van der Waals surface area contributed by atoms with Gasteiger partial charge in [-0.3, -0.25) is 0 Å². The van der Waals surface area contributed by atoms with Gasteiger partial charge in [-0.05, 0) is 24.5 Å². The molecule has 3 heteroatoms. The van der Waals surface area contributed by atoms with Crippen LogP contribution in [0.1, 0.15) is 31.1 Å². The quantitative estimate of drug-likeness (QED) is 0.790. The highest BCUT2D eigenvalue weighted by Gasteiger charge is 2.25. The molecule has 1 aliphatic carbocycles. The Bertz CT molecular complexity index is 218. The summed E-state index contributed by atoms with van der Waals surface area (Å²) >= 11 is 0. The van der Waals surface area contributed by atoms with Crippen LogP contribution in [0.2, 0.25) is 0 Å². The van der Waals surface area contributed by atoms with Gasteiger partial charge in [0.1, 0.15) is 5.76 Å². The first-order valence-electron chi connectivity index (χ1n) is 4.15. The van der Waals surface area contributed by atoms with Crippen LogP contribution >= 0.6 is 12.4 Å². The lowest BCUT2D eigenvalue weighted by atomic mass is 10.1. The largest absolute Gasteiger partial charge is 0.468 e. The zero-order valence-electron chi connectivity index (χ0n) is 6.90. The van der Waals surface area contributed by atoms with Crippen molar-refractivity contribution in [2.24, 2.45) is 11.7 Å². The van der Waals surface area contributed by atoms with Crippen LogP contribution in [0.15, 0.2) is 22.8 Å². The molecule has 0 unspecified atom stereocenters. The van der Waals surface area contributed by atoms with Crippen molar-refractivity contribution in [1.29, 1.82) is 0 Å². The van der Waals surface area contributed by atoms with E-state index in [4.69, 9.17) is 10.2 Å². The van der Waals surface area contributed by atoms with Crippen molar-refractivity contribution in [3.8, 4) is 0 Å². The Morgan fingerprint density at radius 2 is 2.33 bits per heavy atom. The van der Waals surface area contributed by atoms with Gasteiger partial charge >= 0.3 is 0 Å². The van der Waals surface area contributed by atoms with Crippen molar-refractivity contribution >= 4 is 12.4 Å². The van der Waals surface area contributed by atoms with Crippen LogP contribution in [0, 0.1) is 5.92 Å². The molecule has 1 saturated carbocycles. The molecule has 1 aliphatic rings. The molecule has 1 atom stereocenters. The zero-order chi connectivity index (χ0) is 7.68. The van der Waals surface area contributed by atoms with Gasteiger partial charge in [0.15, 0.2) is 0 Å². The second-order valence-electron chi connectivity index (χ2n) is 3.30. The Balaban J connectivity index is 0.000000720. The summed E-state index contributed by atoms with van der Waals surface area (Å²) in [5.41, 5.74) is 5.89. The number of hydrogen-bond acceptors (Lipinski definition) is 2. The summed E-state index contributed by atoms with van der Waals surface area (Å²) in [5, 5.41) is 0. The van der Waals surface area contributed by atoms with Crippen molar-refractivity contribution < 1.29 is 4.42 Å². The van der Waals surface area contributed by atoms with Crippen molar-refractivity contribution in [3.63, 3.8) is 0 Å². The molecule has 0 aliphatic heterocycles. The first-order valence-corrected chi connectivity index (χ1v) is 4.15. The molecule has 1 fully saturated rings. The number of halogens is 1. The number of furan rings is 1. The van der Waals surface area contributed by atoms with Gasteiger partial charge in [0, 0.05) is 0 Å². The maximum absolute atomic E-state index is 5.89. The van der Waals surface area contributed by atoms with Crippen LogP contribution in [0.3, 0.4) is 0 Å². The average Bonchev–Trinajstić information content (AvgIpc) is 2.67. The second kappa shape index (κ2) is 3.97. The van der Waals surface area contributed by atoms with Gasteiger partial charge in [-0.2, -0.15) is 0 Å². The molecular formula is C9H14ClNO. The Morgan fingerprint density at radius 1 is 1.58 bits per heavy atom. The van der Waals surface area contributed by atoms with Gasteiger partial charge < -0.3 is 10.2 Å². The summed E-state index contributed by atoms with van der Waals surface area (Å²) in [6.07, 6.45) is 5.48. The van der Waals surface area contributed by atoms with Crippen LogP contribution in [0.4, 0.5) is 0 Å². The minimum Gasteiger partial charge on any atom is -0.468 e. The zero-order valence-corrected chi connectivity index (χ0v) is 7.72. The van der Waals surface area contributed by atoms with E-state index in [9.17, 15) is 0 Å². The molecule has 0 amide bonds. The molecule has 0 saturated heterocycles. The van der Waals surface area contributed by atoms with Crippen molar-refractivity contribution in [2.75, 3.05) is 0 Å². The SMILES string of the molecule is Cl.N[C@H](CC1CC1)c1ccco1. The van der Waals surface area contributed by atoms with Gasteiger partial charge in [-0.25, -0.2) is 0 Å². The molecule has 1 heterocycles. The molecule has 2 N–H and O–H groups in total. The highest BCUT2D eigenvalue weighted by molar-refractivity contribution is 5.85. The molecular weight excluding hydrogens is 174 g/mol. The summed E-state index contributed by atoms with van der Waals surface area (Å²) in [4.78, 5) is 0. The van der Waals surface area contributed by atoms with E-state index in [1.165, 1.54) is 12.8 Å². The van der Waals surface area contributed by atoms with E-state index in [0.29, 0.717) is 0 Å². The Hall–Kier alpha value is -0.470. The van der Waals surface area contributed by atoms with E-state index in [1.54, 1.807) is 6.26 Å². The van der Waals surface area contributed by atoms with E-state index in [2.05, 4.69) is 0 Å². The predicted molar refractivity (Wildman–Crippen MR) is 50.2 cm³/mol. The van der Waals surface area contributed by atoms with Crippen LogP contribution in [0.25, 0.3) is 0 Å². The maximum Gasteiger partial charge on any atom is 0.120 e. The van der Waals surface area contributed by atoms with E-state index < -0.39 is 0 Å². The Labute approximate surface area is 78.5 Å². The Morgan fingerprint density at radius 3 is 2.83 bits per heavy atom. The second-order valence-corrected chi connectivity index (χ2v) is 3.30. The summed E-state index contributed by atoms with van der Waals surface area (Å²) in [7, 11) is 0. The van der Waals surface area contributed by atoms with Gasteiger partial charge in [-0.15, -0.1) is 12.4 Å². The number of rotatable bonds is 3. The fraction of sp³-hybridized carbons (Fsp3) is 0.556. The van der Waals surface area contributed by atoms with Crippen molar-refractivity contribution in [3.05, 3.63) is 24.2 Å². The molecule has 12 heavy (non-hydrogen) atoms. The Kier molecular flexibility index (Phi) is 3.18. The molecule has 0 spiro atoms. The summed E-state index contributed by atoms with van der Waals surface area (Å²) < 4.78 is 5.20. The molecule has 1 aromatic heterocycles. The summed E-state index contributed by atoms with van der Waals surface area (Å²) in [6, 6.07) is 3.97. The monoisotopic (exact) mass is 187 g/mol. The summed E-state index contributed by atoms with van der Waals surface area (Å²) in [6.45, 7) is 0. The van der Waals surface area contributed by atoms with Crippen LogP contribution in [-0.4, -0.2) is 0 Å². The fourth-order valence-corrected chi connectivity index (χ4v) is 1.33. The van der Waals surface area contributed by atoms with Crippen molar-refractivity contribution in [1.82, 2.24) is 0 Å². The molecule has 0 aromatic carbocycles. The summed E-state index contributed by atoms with van der Waals surface area (Å²) in [5.74, 6) is 1.80. The topological polar surface area (TPSA) is 39.2 Å². The highest BCUT2D eigenvalue weighted by Crippen LogP contribution is 2.36.